The number of pyridine rings is 1. The molecule has 3 rings (SSSR count). The molecule has 29 heavy (non-hydrogen) atoms. The Labute approximate surface area is 166 Å². The van der Waals surface area contributed by atoms with Gasteiger partial charge in [0.05, 0.1) is 9.82 Å². The molecule has 1 aromatic carbocycles. The van der Waals surface area contributed by atoms with Gasteiger partial charge in [-0.3, -0.25) is 15.5 Å². The van der Waals surface area contributed by atoms with Crippen molar-refractivity contribution >= 4 is 33.2 Å². The summed E-state index contributed by atoms with van der Waals surface area (Å²) in [6.07, 6.45) is 2.60. The minimum Gasteiger partial charge on any atom is -0.319 e. The van der Waals surface area contributed by atoms with Crippen molar-refractivity contribution in [2.24, 2.45) is 0 Å². The zero-order valence-electron chi connectivity index (χ0n) is 15.4. The van der Waals surface area contributed by atoms with Crippen molar-refractivity contribution < 1.29 is 13.3 Å². The number of nitrogens with zero attached hydrogens (tertiary/aromatic N) is 4. The fourth-order valence-electron chi connectivity index (χ4n) is 2.35. The third-order valence-electron chi connectivity index (χ3n) is 3.80. The Balaban J connectivity index is 1.87. The Morgan fingerprint density at radius 2 is 1.66 bits per heavy atom. The second kappa shape index (κ2) is 8.16. The smallest absolute Gasteiger partial charge is 0.319 e. The molecule has 3 aromatic rings. The van der Waals surface area contributed by atoms with Crippen LogP contribution in [0.1, 0.15) is 11.1 Å². The molecule has 150 valence electrons. The topological polar surface area (TPSA) is 152 Å². The molecule has 0 saturated carbocycles. The van der Waals surface area contributed by atoms with Gasteiger partial charge in [0.2, 0.25) is 11.6 Å². The quantitative estimate of drug-likeness (QED) is 0.390. The molecule has 0 atom stereocenters. The highest BCUT2D eigenvalue weighted by Gasteiger charge is 2.25. The lowest BCUT2D eigenvalue weighted by Gasteiger charge is -2.11. The number of hydrazine groups is 1. The molecule has 2 aromatic heterocycles. The molecule has 0 aliphatic carbocycles. The molecule has 0 spiro atoms. The van der Waals surface area contributed by atoms with Crippen LogP contribution in [0.5, 0.6) is 0 Å². The third kappa shape index (κ3) is 4.80. The van der Waals surface area contributed by atoms with Crippen LogP contribution in [0.15, 0.2) is 53.8 Å². The lowest BCUT2D eigenvalue weighted by atomic mass is 10.2. The number of benzene rings is 1. The Morgan fingerprint density at radius 3 is 2.31 bits per heavy atom. The molecule has 0 aliphatic rings. The number of hydrogen-bond donors (Lipinski definition) is 3. The Bertz CT molecular complexity index is 1150. The summed E-state index contributed by atoms with van der Waals surface area (Å²) in [5.74, 6) is -0.117. The molecular formula is C17H17N7O4S. The third-order valence-corrected chi connectivity index (χ3v) is 5.07. The highest BCUT2D eigenvalue weighted by Crippen LogP contribution is 2.30. The average molecular weight is 415 g/mol. The molecule has 3 N–H and O–H groups in total. The average Bonchev–Trinajstić information content (AvgIpc) is 2.66. The fourth-order valence-corrected chi connectivity index (χ4v) is 3.20. The van der Waals surface area contributed by atoms with Crippen LogP contribution in [0.25, 0.3) is 0 Å². The van der Waals surface area contributed by atoms with Crippen molar-refractivity contribution in [3.05, 3.63) is 70.2 Å². The van der Waals surface area contributed by atoms with Gasteiger partial charge in [-0.1, -0.05) is 17.7 Å². The van der Waals surface area contributed by atoms with Crippen molar-refractivity contribution in [2.75, 3.05) is 10.7 Å². The minimum atomic E-state index is -3.97. The fraction of sp³-hybridized carbons (Fsp3) is 0.118. The molecule has 0 aliphatic heterocycles. The monoisotopic (exact) mass is 415 g/mol. The van der Waals surface area contributed by atoms with Gasteiger partial charge in [0.25, 0.3) is 10.0 Å². The van der Waals surface area contributed by atoms with E-state index in [1.165, 1.54) is 12.1 Å². The first-order chi connectivity index (χ1) is 13.8. The standard InChI is InChI=1S/C17H17N7O4S/c1-11-3-5-13(6-4-11)29(27,28)23-22-17-15(24(25)26)16(19-10-20-17)21-14-9-12(2)7-8-18-14/h3-10,23H,1-2H3,(H2,18,19,20,21,22). The molecule has 11 nitrogen and oxygen atoms in total. The summed E-state index contributed by atoms with van der Waals surface area (Å²) < 4.78 is 24.8. The zero-order chi connectivity index (χ0) is 21.0. The zero-order valence-corrected chi connectivity index (χ0v) is 16.3. The van der Waals surface area contributed by atoms with Crippen LogP contribution in [-0.4, -0.2) is 28.3 Å². The van der Waals surface area contributed by atoms with E-state index in [2.05, 4.69) is 30.5 Å². The Kier molecular flexibility index (Phi) is 5.66. The van der Waals surface area contributed by atoms with E-state index < -0.39 is 20.6 Å². The molecule has 0 radical (unpaired) electrons. The predicted octanol–water partition coefficient (Wildman–Crippen LogP) is 2.45. The number of nitrogens with one attached hydrogen (secondary N) is 3. The van der Waals surface area contributed by atoms with Gasteiger partial charge in [0.1, 0.15) is 12.1 Å². The van der Waals surface area contributed by atoms with Crippen molar-refractivity contribution in [1.82, 2.24) is 19.8 Å². The van der Waals surface area contributed by atoms with Crippen molar-refractivity contribution in [3.8, 4) is 0 Å². The summed E-state index contributed by atoms with van der Waals surface area (Å²) in [5, 5.41) is 14.3. The number of hydrogen-bond acceptors (Lipinski definition) is 9. The number of anilines is 3. The SMILES string of the molecule is Cc1ccc(S(=O)(=O)NNc2ncnc(Nc3cc(C)ccn3)c2[N+](=O)[O-])cc1. The van der Waals surface area contributed by atoms with Crippen LogP contribution in [0.2, 0.25) is 0 Å². The maximum Gasteiger partial charge on any atom is 0.354 e. The van der Waals surface area contributed by atoms with Gasteiger partial charge in [-0.2, -0.15) is 0 Å². The van der Waals surface area contributed by atoms with Crippen molar-refractivity contribution in [1.29, 1.82) is 0 Å². The van der Waals surface area contributed by atoms with Gasteiger partial charge in [-0.25, -0.2) is 23.4 Å². The molecule has 0 bridgehead atoms. The van der Waals surface area contributed by atoms with Crippen LogP contribution in [0.4, 0.5) is 23.1 Å². The number of aryl methyl sites for hydroxylation is 2. The predicted molar refractivity (Wildman–Crippen MR) is 106 cm³/mol. The van der Waals surface area contributed by atoms with Gasteiger partial charge in [0.15, 0.2) is 0 Å². The van der Waals surface area contributed by atoms with E-state index >= 15 is 0 Å². The summed E-state index contributed by atoms with van der Waals surface area (Å²) in [6, 6.07) is 9.57. The number of rotatable bonds is 7. The van der Waals surface area contributed by atoms with Gasteiger partial charge >= 0.3 is 5.69 Å². The van der Waals surface area contributed by atoms with Crippen molar-refractivity contribution in [3.63, 3.8) is 0 Å². The molecule has 0 fully saturated rings. The summed E-state index contributed by atoms with van der Waals surface area (Å²) >= 11 is 0. The lowest BCUT2D eigenvalue weighted by Crippen LogP contribution is -2.30. The van der Waals surface area contributed by atoms with Crippen LogP contribution in [0.3, 0.4) is 0 Å². The minimum absolute atomic E-state index is 0.00498. The van der Waals surface area contributed by atoms with Crippen LogP contribution in [0, 0.1) is 24.0 Å². The molecule has 12 heteroatoms. The van der Waals surface area contributed by atoms with E-state index in [-0.39, 0.29) is 16.5 Å². The lowest BCUT2D eigenvalue weighted by molar-refractivity contribution is -0.383. The van der Waals surface area contributed by atoms with Crippen molar-refractivity contribution in [2.45, 2.75) is 18.7 Å². The van der Waals surface area contributed by atoms with E-state index in [1.807, 2.05) is 13.8 Å². The Hall–Kier alpha value is -3.64. The van der Waals surface area contributed by atoms with E-state index in [9.17, 15) is 18.5 Å². The molecule has 0 saturated heterocycles. The summed E-state index contributed by atoms with van der Waals surface area (Å²) in [7, 11) is -3.97. The summed E-state index contributed by atoms with van der Waals surface area (Å²) in [6.45, 7) is 3.66. The van der Waals surface area contributed by atoms with Gasteiger partial charge in [-0.15, -0.1) is 4.83 Å². The second-order valence-corrected chi connectivity index (χ2v) is 7.75. The second-order valence-electron chi connectivity index (χ2n) is 6.06. The van der Waals surface area contributed by atoms with E-state index in [0.29, 0.717) is 5.82 Å². The molecule has 2 heterocycles. The first kappa shape index (κ1) is 20.1. The molecule has 0 unspecified atom stereocenters. The maximum atomic E-state index is 12.4. The highest BCUT2D eigenvalue weighted by atomic mass is 32.2. The van der Waals surface area contributed by atoms with Gasteiger partial charge in [-0.05, 0) is 43.7 Å². The van der Waals surface area contributed by atoms with Crippen LogP contribution < -0.4 is 15.6 Å². The number of sulfonamides is 1. The van der Waals surface area contributed by atoms with E-state index in [1.54, 1.807) is 30.5 Å². The Morgan fingerprint density at radius 1 is 0.966 bits per heavy atom. The first-order valence-corrected chi connectivity index (χ1v) is 9.78. The van der Waals surface area contributed by atoms with Gasteiger partial charge < -0.3 is 5.32 Å². The van der Waals surface area contributed by atoms with E-state index in [4.69, 9.17) is 0 Å². The van der Waals surface area contributed by atoms with Crippen LogP contribution in [-0.2, 0) is 10.0 Å². The largest absolute Gasteiger partial charge is 0.354 e. The normalized spacial score (nSPS) is 11.1. The van der Waals surface area contributed by atoms with E-state index in [0.717, 1.165) is 17.5 Å². The summed E-state index contributed by atoms with van der Waals surface area (Å²) in [5.41, 5.74) is 3.54. The number of nitro groups is 1. The maximum absolute atomic E-state index is 12.4. The number of aromatic nitrogens is 3. The van der Waals surface area contributed by atoms with Gasteiger partial charge in [0, 0.05) is 6.20 Å². The molecule has 0 amide bonds. The first-order valence-electron chi connectivity index (χ1n) is 8.30. The summed E-state index contributed by atoms with van der Waals surface area (Å²) in [4.78, 5) is 24.7. The molecular weight excluding hydrogens is 398 g/mol. The van der Waals surface area contributed by atoms with Crippen LogP contribution >= 0.6 is 0 Å². The highest BCUT2D eigenvalue weighted by molar-refractivity contribution is 7.89.